The summed E-state index contributed by atoms with van der Waals surface area (Å²) in [4.78, 5) is 19.1. The van der Waals surface area contributed by atoms with Gasteiger partial charge in [0.1, 0.15) is 17.3 Å². The molecule has 0 radical (unpaired) electrons. The Hall–Kier alpha value is -3.46. The molecule has 0 spiro atoms. The van der Waals surface area contributed by atoms with Gasteiger partial charge in [-0.1, -0.05) is 29.3 Å². The molecule has 8 nitrogen and oxygen atoms in total. The highest BCUT2D eigenvalue weighted by atomic mass is 35.5. The van der Waals surface area contributed by atoms with Gasteiger partial charge in [0.2, 0.25) is 0 Å². The molecule has 1 saturated heterocycles. The van der Waals surface area contributed by atoms with Crippen molar-refractivity contribution in [2.75, 3.05) is 51.0 Å². The summed E-state index contributed by atoms with van der Waals surface area (Å²) in [6.45, 7) is 3.72. The highest BCUT2D eigenvalue weighted by Crippen LogP contribution is 2.46. The zero-order valence-electron chi connectivity index (χ0n) is 20.0. The van der Waals surface area contributed by atoms with Gasteiger partial charge in [-0.25, -0.2) is 0 Å². The Balaban J connectivity index is 1.59. The van der Waals surface area contributed by atoms with Crippen LogP contribution in [0.15, 0.2) is 53.5 Å². The van der Waals surface area contributed by atoms with Crippen LogP contribution in [0.3, 0.4) is 0 Å². The van der Waals surface area contributed by atoms with E-state index < -0.39 is 5.91 Å². The van der Waals surface area contributed by atoms with Gasteiger partial charge in [-0.15, -0.1) is 0 Å². The van der Waals surface area contributed by atoms with Crippen LogP contribution < -0.4 is 31.2 Å². The fraction of sp³-hybridized carbons (Fsp3) is 0.231. The highest BCUT2D eigenvalue weighted by molar-refractivity contribution is 6.41. The number of piperazine rings is 1. The van der Waals surface area contributed by atoms with Crippen LogP contribution in [0.5, 0.6) is 11.5 Å². The monoisotopic (exact) mass is 527 g/mol. The third-order valence-electron chi connectivity index (χ3n) is 6.01. The average Bonchev–Trinajstić information content (AvgIpc) is 2.89. The number of hydrogen-bond acceptors (Lipinski definition) is 6. The lowest BCUT2D eigenvalue weighted by Crippen LogP contribution is -2.43. The first-order valence-electron chi connectivity index (χ1n) is 11.3. The Kier molecular flexibility index (Phi) is 7.88. The van der Waals surface area contributed by atoms with Gasteiger partial charge < -0.3 is 31.2 Å². The second-order valence-corrected chi connectivity index (χ2v) is 8.93. The van der Waals surface area contributed by atoms with Crippen LogP contribution in [0.2, 0.25) is 10.0 Å². The number of aliphatic imine (C=N–C) groups is 1. The minimum absolute atomic E-state index is 0.00986. The first kappa shape index (κ1) is 25.6. The Morgan fingerprint density at radius 3 is 2.14 bits per heavy atom. The van der Waals surface area contributed by atoms with Gasteiger partial charge in [-0.3, -0.25) is 4.79 Å². The Labute approximate surface area is 219 Å². The number of halogens is 2. The van der Waals surface area contributed by atoms with Crippen molar-refractivity contribution in [1.82, 2.24) is 5.32 Å². The molecule has 1 aliphatic heterocycles. The number of benzene rings is 3. The molecule has 188 valence electrons. The smallest absolute Gasteiger partial charge is 0.278 e. The van der Waals surface area contributed by atoms with E-state index in [4.69, 9.17) is 44.1 Å². The van der Waals surface area contributed by atoms with Crippen LogP contribution in [0, 0.1) is 0 Å². The first-order valence-corrected chi connectivity index (χ1v) is 12.0. The minimum atomic E-state index is -0.452. The molecule has 1 amide bonds. The van der Waals surface area contributed by atoms with Crippen LogP contribution in [0.1, 0.15) is 15.9 Å². The van der Waals surface area contributed by atoms with Crippen LogP contribution in [-0.4, -0.2) is 52.1 Å². The summed E-state index contributed by atoms with van der Waals surface area (Å²) in [7, 11) is 3.01. The summed E-state index contributed by atoms with van der Waals surface area (Å²) >= 11 is 13.0. The summed E-state index contributed by atoms with van der Waals surface area (Å²) in [5, 5.41) is 3.95. The topological polar surface area (TPSA) is 115 Å². The third-order valence-corrected chi connectivity index (χ3v) is 6.76. The summed E-state index contributed by atoms with van der Waals surface area (Å²) in [6, 6.07) is 14.0. The number of ether oxygens (including phenoxy) is 2. The predicted octanol–water partition coefficient (Wildman–Crippen LogP) is 4.22. The van der Waals surface area contributed by atoms with E-state index in [1.54, 1.807) is 36.4 Å². The fourth-order valence-electron chi connectivity index (χ4n) is 4.06. The van der Waals surface area contributed by atoms with Crippen molar-refractivity contribution in [3.8, 4) is 22.6 Å². The molecule has 0 unspecified atom stereocenters. The van der Waals surface area contributed by atoms with Crippen LogP contribution in [0.25, 0.3) is 11.1 Å². The standard InChI is InChI=1S/C26H27Cl2N5O3/c1-35-20-14-21(36-2)24(28)22(23(20)27)16-5-8-18(19(29)13-16)25(30)32-26(34)15-3-6-17(7-4-15)33-11-9-31-10-12-33/h3-8,13-14,31H,9-12,29H2,1-2H3,(H2,30,32,34). The molecule has 4 rings (SSSR count). The van der Waals surface area contributed by atoms with E-state index in [1.165, 1.54) is 14.2 Å². The molecule has 1 fully saturated rings. The molecular formula is C26H27Cl2N5O3. The van der Waals surface area contributed by atoms with E-state index in [0.29, 0.717) is 49.5 Å². The number of nitrogens with two attached hydrogens (primary N) is 2. The van der Waals surface area contributed by atoms with Gasteiger partial charge in [0.25, 0.3) is 5.91 Å². The number of nitrogen functional groups attached to an aromatic ring is 1. The van der Waals surface area contributed by atoms with E-state index in [-0.39, 0.29) is 5.84 Å². The maximum atomic E-state index is 12.8. The number of methoxy groups -OCH3 is 2. The number of rotatable bonds is 6. The molecule has 10 heteroatoms. The summed E-state index contributed by atoms with van der Waals surface area (Å²) in [5.41, 5.74) is 15.8. The number of carbonyl (C=O) groups is 1. The summed E-state index contributed by atoms with van der Waals surface area (Å²) in [6.07, 6.45) is 0. The minimum Gasteiger partial charge on any atom is -0.495 e. The summed E-state index contributed by atoms with van der Waals surface area (Å²) in [5.74, 6) is 0.373. The SMILES string of the molecule is COc1cc(OC)c(Cl)c(-c2ccc(C(N)=NC(=O)c3ccc(N4CCNCC4)cc3)c(N)c2)c1Cl. The number of nitrogens with one attached hydrogen (secondary N) is 1. The van der Waals surface area contributed by atoms with Crippen LogP contribution in [-0.2, 0) is 0 Å². The molecule has 1 aliphatic rings. The number of amidine groups is 1. The van der Waals surface area contributed by atoms with Gasteiger partial charge in [0.05, 0.1) is 24.3 Å². The lowest BCUT2D eigenvalue weighted by Gasteiger charge is -2.29. The van der Waals surface area contributed by atoms with Crippen molar-refractivity contribution < 1.29 is 14.3 Å². The number of hydrogen-bond donors (Lipinski definition) is 3. The number of nitrogens with zero attached hydrogens (tertiary/aromatic N) is 2. The zero-order chi connectivity index (χ0) is 25.8. The third kappa shape index (κ3) is 5.21. The second-order valence-electron chi connectivity index (χ2n) is 8.17. The molecule has 0 saturated carbocycles. The van der Waals surface area contributed by atoms with Crippen LogP contribution in [0.4, 0.5) is 11.4 Å². The van der Waals surface area contributed by atoms with Gasteiger partial charge in [-0.2, -0.15) is 4.99 Å². The van der Waals surface area contributed by atoms with Crippen molar-refractivity contribution in [3.05, 3.63) is 69.7 Å². The lowest BCUT2D eigenvalue weighted by atomic mass is 10.0. The van der Waals surface area contributed by atoms with Gasteiger partial charge in [0, 0.05) is 60.3 Å². The molecule has 5 N–H and O–H groups in total. The van der Waals surface area contributed by atoms with E-state index in [1.807, 2.05) is 12.1 Å². The van der Waals surface area contributed by atoms with Crippen molar-refractivity contribution >= 4 is 46.3 Å². The first-order chi connectivity index (χ1) is 17.3. The highest BCUT2D eigenvalue weighted by Gasteiger charge is 2.20. The largest absolute Gasteiger partial charge is 0.495 e. The van der Waals surface area contributed by atoms with Gasteiger partial charge >= 0.3 is 0 Å². The van der Waals surface area contributed by atoms with Crippen molar-refractivity contribution in [1.29, 1.82) is 0 Å². The van der Waals surface area contributed by atoms with E-state index in [2.05, 4.69) is 15.2 Å². The molecule has 3 aromatic carbocycles. The number of carbonyl (C=O) groups excluding carboxylic acids is 1. The molecular weight excluding hydrogens is 501 g/mol. The average molecular weight is 528 g/mol. The predicted molar refractivity (Wildman–Crippen MR) is 146 cm³/mol. The second kappa shape index (κ2) is 11.1. The molecule has 0 aromatic heterocycles. The molecule has 3 aromatic rings. The van der Waals surface area contributed by atoms with E-state index in [9.17, 15) is 4.79 Å². The molecule has 0 atom stereocenters. The maximum absolute atomic E-state index is 12.8. The zero-order valence-corrected chi connectivity index (χ0v) is 21.5. The molecule has 0 aliphatic carbocycles. The van der Waals surface area contributed by atoms with Crippen molar-refractivity contribution in [2.24, 2.45) is 10.7 Å². The lowest BCUT2D eigenvalue weighted by molar-refractivity contribution is 0.100. The molecule has 1 heterocycles. The Morgan fingerprint density at radius 1 is 0.972 bits per heavy atom. The van der Waals surface area contributed by atoms with E-state index in [0.717, 1.165) is 31.9 Å². The fourth-order valence-corrected chi connectivity index (χ4v) is 4.78. The quantitative estimate of drug-likeness (QED) is 0.249. The van der Waals surface area contributed by atoms with Crippen molar-refractivity contribution in [3.63, 3.8) is 0 Å². The van der Waals surface area contributed by atoms with Crippen LogP contribution >= 0.6 is 23.2 Å². The van der Waals surface area contributed by atoms with Gasteiger partial charge in [-0.05, 0) is 42.0 Å². The number of amides is 1. The van der Waals surface area contributed by atoms with Crippen molar-refractivity contribution in [2.45, 2.75) is 0 Å². The Bertz CT molecular complexity index is 1280. The Morgan fingerprint density at radius 2 is 1.58 bits per heavy atom. The number of anilines is 2. The maximum Gasteiger partial charge on any atom is 0.278 e. The molecule has 36 heavy (non-hydrogen) atoms. The molecule has 0 bridgehead atoms. The van der Waals surface area contributed by atoms with E-state index >= 15 is 0 Å². The summed E-state index contributed by atoms with van der Waals surface area (Å²) < 4.78 is 10.7. The van der Waals surface area contributed by atoms with Gasteiger partial charge in [0.15, 0.2) is 0 Å². The normalized spacial score (nSPS) is 14.0.